The molecule has 0 unspecified atom stereocenters. The van der Waals surface area contributed by atoms with E-state index in [0.29, 0.717) is 0 Å². The van der Waals surface area contributed by atoms with Gasteiger partial charge < -0.3 is 4.34 Å². The van der Waals surface area contributed by atoms with E-state index in [-0.39, 0.29) is 0 Å². The second-order valence-corrected chi connectivity index (χ2v) is 8.86. The number of hydrogen-bond acceptors (Lipinski definition) is 2. The Morgan fingerprint density at radius 3 is 1.50 bits per heavy atom. The van der Waals surface area contributed by atoms with Crippen molar-refractivity contribution in [3.8, 4) is 0 Å². The fraction of sp³-hybridized carbons (Fsp3) is 0.0833. The predicted molar refractivity (Wildman–Crippen MR) is 118 cm³/mol. The van der Waals surface area contributed by atoms with Gasteiger partial charge in [-0.3, -0.25) is 9.97 Å². The topological polar surface area (TPSA) is 30.7 Å². The largest absolute Gasteiger partial charge is 0.318 e. The van der Waals surface area contributed by atoms with E-state index < -0.39 is 8.07 Å². The molecule has 0 spiro atoms. The molecule has 3 heterocycles. The van der Waals surface area contributed by atoms with Crippen molar-refractivity contribution >= 4 is 29.9 Å². The lowest BCUT2D eigenvalue weighted by Gasteiger charge is -2.21. The number of para-hydroxylation sites is 2. The first-order chi connectivity index (χ1) is 13.9. The van der Waals surface area contributed by atoms with E-state index in [1.807, 2.05) is 24.5 Å². The van der Waals surface area contributed by atoms with Gasteiger partial charge in [-0.1, -0.05) is 48.5 Å². The van der Waals surface area contributed by atoms with Gasteiger partial charge in [0.25, 0.3) is 0 Å². The van der Waals surface area contributed by atoms with Crippen LogP contribution in [0.4, 0.5) is 0 Å². The molecule has 28 heavy (non-hydrogen) atoms. The van der Waals surface area contributed by atoms with Crippen molar-refractivity contribution in [3.05, 3.63) is 109 Å². The molecule has 0 aliphatic rings. The van der Waals surface area contributed by atoms with E-state index in [0.717, 1.165) is 23.7 Å². The second kappa shape index (κ2) is 7.53. The van der Waals surface area contributed by atoms with E-state index >= 15 is 0 Å². The highest BCUT2D eigenvalue weighted by atomic mass is 31.1. The van der Waals surface area contributed by atoms with Crippen LogP contribution in [-0.4, -0.2) is 14.3 Å². The van der Waals surface area contributed by atoms with Crippen molar-refractivity contribution in [2.24, 2.45) is 0 Å². The van der Waals surface area contributed by atoms with E-state index in [1.165, 1.54) is 21.8 Å². The number of nitrogens with zero attached hydrogens (tertiary/aromatic N) is 3. The lowest BCUT2D eigenvalue weighted by Crippen LogP contribution is -2.01. The fourth-order valence-electron chi connectivity index (χ4n) is 3.76. The molecule has 0 saturated carbocycles. The predicted octanol–water partition coefficient (Wildman–Crippen LogP) is 6.23. The number of fused-ring (bicyclic) bond motifs is 3. The van der Waals surface area contributed by atoms with Crippen molar-refractivity contribution in [2.75, 3.05) is 0 Å². The van der Waals surface area contributed by atoms with Gasteiger partial charge in [0.05, 0.1) is 11.0 Å². The summed E-state index contributed by atoms with van der Waals surface area (Å²) in [4.78, 5) is 9.23. The van der Waals surface area contributed by atoms with Crippen LogP contribution in [0.3, 0.4) is 0 Å². The van der Waals surface area contributed by atoms with Gasteiger partial charge in [0.2, 0.25) is 0 Å². The summed E-state index contributed by atoms with van der Waals surface area (Å²) in [6, 6.07) is 29.8. The van der Waals surface area contributed by atoms with Crippen LogP contribution in [0.25, 0.3) is 21.8 Å². The molecule has 0 aliphatic heterocycles. The fourth-order valence-corrected chi connectivity index (χ4v) is 6.24. The highest BCUT2D eigenvalue weighted by Gasteiger charge is 2.20. The number of benzene rings is 2. The maximum Gasteiger partial charge on any atom is 0.0527 e. The monoisotopic (exact) mass is 381 g/mol. The highest BCUT2D eigenvalue weighted by molar-refractivity contribution is 7.55. The SMILES string of the molecule is c1ccc(CP(Cc2ccccn2)n2c3ccccc3c3ccccc32)nc1. The summed E-state index contributed by atoms with van der Waals surface area (Å²) in [6.45, 7) is 0. The highest BCUT2D eigenvalue weighted by Crippen LogP contribution is 2.49. The molecule has 5 rings (SSSR count). The van der Waals surface area contributed by atoms with Crippen LogP contribution in [-0.2, 0) is 12.3 Å². The lowest BCUT2D eigenvalue weighted by atomic mass is 10.2. The molecule has 136 valence electrons. The molecule has 0 atom stereocenters. The van der Waals surface area contributed by atoms with Crippen LogP contribution >= 0.6 is 8.07 Å². The van der Waals surface area contributed by atoms with Crippen LogP contribution < -0.4 is 0 Å². The van der Waals surface area contributed by atoms with Gasteiger partial charge >= 0.3 is 0 Å². The standard InChI is InChI=1S/C24H20N3P/c1-3-13-23-21(11-1)22-12-2-4-14-24(22)27(23)28(17-19-9-5-7-15-25-19)18-20-10-6-8-16-26-20/h1-16H,17-18H2. The zero-order valence-electron chi connectivity index (χ0n) is 15.4. The van der Waals surface area contributed by atoms with Crippen molar-refractivity contribution in [2.45, 2.75) is 12.3 Å². The Labute approximate surface area is 165 Å². The van der Waals surface area contributed by atoms with Gasteiger partial charge in [-0.25, -0.2) is 0 Å². The van der Waals surface area contributed by atoms with Crippen LogP contribution in [0, 0.1) is 0 Å². The van der Waals surface area contributed by atoms with Gasteiger partial charge in [0.15, 0.2) is 0 Å². The molecule has 3 aromatic heterocycles. The van der Waals surface area contributed by atoms with E-state index in [9.17, 15) is 0 Å². The molecule has 0 saturated heterocycles. The van der Waals surface area contributed by atoms with Gasteiger partial charge in [-0.2, -0.15) is 0 Å². The average Bonchev–Trinajstić information content (AvgIpc) is 3.09. The minimum atomic E-state index is -0.579. The summed E-state index contributed by atoms with van der Waals surface area (Å²) in [5.74, 6) is 0. The molecule has 0 aliphatic carbocycles. The van der Waals surface area contributed by atoms with Gasteiger partial charge in [0.1, 0.15) is 0 Å². The van der Waals surface area contributed by atoms with E-state index in [2.05, 4.69) is 87.1 Å². The Morgan fingerprint density at radius 1 is 0.571 bits per heavy atom. The molecule has 0 N–H and O–H groups in total. The third kappa shape index (κ3) is 3.19. The molecule has 4 heteroatoms. The summed E-state index contributed by atoms with van der Waals surface area (Å²) >= 11 is 0. The maximum atomic E-state index is 4.61. The number of aromatic nitrogens is 3. The third-order valence-corrected chi connectivity index (χ3v) is 7.35. The zero-order chi connectivity index (χ0) is 18.8. The molecule has 0 amide bonds. The van der Waals surface area contributed by atoms with Crippen LogP contribution in [0.15, 0.2) is 97.3 Å². The molecular weight excluding hydrogens is 361 g/mol. The Bertz CT molecular complexity index is 1120. The lowest BCUT2D eigenvalue weighted by molar-refractivity contribution is 1.11. The van der Waals surface area contributed by atoms with Gasteiger partial charge in [0, 0.05) is 55.0 Å². The minimum Gasteiger partial charge on any atom is -0.318 e. The van der Waals surface area contributed by atoms with Crippen molar-refractivity contribution in [1.82, 2.24) is 14.3 Å². The minimum absolute atomic E-state index is 0.579. The molecule has 0 radical (unpaired) electrons. The number of hydrogen-bond donors (Lipinski definition) is 0. The van der Waals surface area contributed by atoms with E-state index in [1.54, 1.807) is 0 Å². The van der Waals surface area contributed by atoms with Crippen LogP contribution in [0.1, 0.15) is 11.4 Å². The molecule has 0 fully saturated rings. The first-order valence-electron chi connectivity index (χ1n) is 9.43. The first kappa shape index (κ1) is 17.1. The molecule has 5 aromatic rings. The third-order valence-electron chi connectivity index (χ3n) is 4.98. The second-order valence-electron chi connectivity index (χ2n) is 6.81. The summed E-state index contributed by atoms with van der Waals surface area (Å²) in [5.41, 5.74) is 4.85. The molecule has 3 nitrogen and oxygen atoms in total. The van der Waals surface area contributed by atoms with Crippen LogP contribution in [0.5, 0.6) is 0 Å². The van der Waals surface area contributed by atoms with Gasteiger partial charge in [-0.05, 0) is 36.4 Å². The first-order valence-corrected chi connectivity index (χ1v) is 11.1. The van der Waals surface area contributed by atoms with Crippen molar-refractivity contribution in [1.29, 1.82) is 0 Å². The summed E-state index contributed by atoms with van der Waals surface area (Å²) < 4.78 is 2.54. The van der Waals surface area contributed by atoms with Crippen LogP contribution in [0.2, 0.25) is 0 Å². The summed E-state index contributed by atoms with van der Waals surface area (Å²) in [5, 5.41) is 2.63. The smallest absolute Gasteiger partial charge is 0.0527 e. The maximum absolute atomic E-state index is 4.61. The Kier molecular flexibility index (Phi) is 4.60. The number of pyridine rings is 2. The molecule has 2 aromatic carbocycles. The number of rotatable bonds is 5. The quantitative estimate of drug-likeness (QED) is 0.338. The summed E-state index contributed by atoms with van der Waals surface area (Å²) in [6.07, 6.45) is 5.62. The van der Waals surface area contributed by atoms with Crippen molar-refractivity contribution in [3.63, 3.8) is 0 Å². The Morgan fingerprint density at radius 2 is 1.04 bits per heavy atom. The molecule has 0 bridgehead atoms. The Balaban J connectivity index is 1.69. The van der Waals surface area contributed by atoms with Gasteiger partial charge in [-0.15, -0.1) is 0 Å². The zero-order valence-corrected chi connectivity index (χ0v) is 16.3. The molecular formula is C24H20N3P. The normalized spacial score (nSPS) is 11.5. The van der Waals surface area contributed by atoms with E-state index in [4.69, 9.17) is 0 Å². The summed E-state index contributed by atoms with van der Waals surface area (Å²) in [7, 11) is -0.579. The van der Waals surface area contributed by atoms with Crippen molar-refractivity contribution < 1.29 is 0 Å². The Hall–Kier alpha value is -3.03. The average molecular weight is 381 g/mol.